The first kappa shape index (κ1) is 19.5. The lowest BCUT2D eigenvalue weighted by Gasteiger charge is -2.11. The molecule has 0 unspecified atom stereocenters. The van der Waals surface area contributed by atoms with E-state index in [1.807, 2.05) is 36.6 Å². The number of rotatable bonds is 6. The number of amides is 1. The van der Waals surface area contributed by atoms with Gasteiger partial charge in [0.2, 0.25) is 0 Å². The largest absolute Gasteiger partial charge is 0.493 e. The monoisotopic (exact) mass is 382 g/mol. The number of hydrogen-bond donors (Lipinski definition) is 1. The van der Waals surface area contributed by atoms with E-state index in [0.717, 1.165) is 22.6 Å². The Morgan fingerprint density at radius 3 is 2.32 bits per heavy atom. The highest BCUT2D eigenvalue weighted by molar-refractivity contribution is 5.95. The molecule has 3 aromatic rings. The number of halogens is 1. The fourth-order valence-electron chi connectivity index (χ4n) is 3.25. The van der Waals surface area contributed by atoms with Gasteiger partial charge in [-0.3, -0.25) is 4.79 Å². The van der Waals surface area contributed by atoms with Crippen LogP contribution in [0.2, 0.25) is 0 Å². The molecule has 6 heteroatoms. The average molecular weight is 382 g/mol. The minimum atomic E-state index is -0.293. The fourth-order valence-corrected chi connectivity index (χ4v) is 3.25. The molecule has 5 nitrogen and oxygen atoms in total. The molecule has 2 aromatic carbocycles. The average Bonchev–Trinajstić information content (AvgIpc) is 3.00. The van der Waals surface area contributed by atoms with Gasteiger partial charge in [0.15, 0.2) is 11.5 Å². The molecule has 0 atom stereocenters. The van der Waals surface area contributed by atoms with Crippen molar-refractivity contribution in [2.75, 3.05) is 14.2 Å². The molecule has 1 amide bonds. The van der Waals surface area contributed by atoms with Crippen molar-refractivity contribution in [1.29, 1.82) is 0 Å². The zero-order chi connectivity index (χ0) is 20.3. The SMILES string of the molecule is COc1ccc(CNC(=O)c2cc(C)n(-c3ccc(F)cc3)c2C)cc1OC. The smallest absolute Gasteiger partial charge is 0.253 e. The Kier molecular flexibility index (Phi) is 5.68. The van der Waals surface area contributed by atoms with E-state index in [9.17, 15) is 9.18 Å². The van der Waals surface area contributed by atoms with Gasteiger partial charge in [-0.2, -0.15) is 0 Å². The third-order valence-corrected chi connectivity index (χ3v) is 4.66. The molecule has 0 saturated heterocycles. The molecule has 0 fully saturated rings. The van der Waals surface area contributed by atoms with Crippen molar-refractivity contribution < 1.29 is 18.7 Å². The van der Waals surface area contributed by atoms with Gasteiger partial charge in [-0.25, -0.2) is 4.39 Å². The van der Waals surface area contributed by atoms with E-state index in [2.05, 4.69) is 5.32 Å². The number of nitrogens with zero attached hydrogens (tertiary/aromatic N) is 1. The number of ether oxygens (including phenoxy) is 2. The van der Waals surface area contributed by atoms with E-state index in [1.54, 1.807) is 32.4 Å². The number of carbonyl (C=O) groups excluding carboxylic acids is 1. The zero-order valence-electron chi connectivity index (χ0n) is 16.4. The van der Waals surface area contributed by atoms with Crippen molar-refractivity contribution in [3.05, 3.63) is 76.9 Å². The summed E-state index contributed by atoms with van der Waals surface area (Å²) in [6.45, 7) is 4.16. The second kappa shape index (κ2) is 8.17. The zero-order valence-corrected chi connectivity index (χ0v) is 16.4. The van der Waals surface area contributed by atoms with Crippen LogP contribution in [-0.2, 0) is 6.54 Å². The first-order valence-electron chi connectivity index (χ1n) is 8.88. The first-order chi connectivity index (χ1) is 13.4. The molecule has 0 radical (unpaired) electrons. The second-order valence-electron chi connectivity index (χ2n) is 6.47. The van der Waals surface area contributed by atoms with Crippen molar-refractivity contribution in [1.82, 2.24) is 9.88 Å². The number of aryl methyl sites for hydroxylation is 1. The summed E-state index contributed by atoms with van der Waals surface area (Å²) >= 11 is 0. The topological polar surface area (TPSA) is 52.5 Å². The molecule has 0 aliphatic heterocycles. The van der Waals surface area contributed by atoms with Crippen LogP contribution >= 0.6 is 0 Å². The van der Waals surface area contributed by atoms with E-state index in [4.69, 9.17) is 9.47 Å². The summed E-state index contributed by atoms with van der Waals surface area (Å²) < 4.78 is 25.7. The highest BCUT2D eigenvalue weighted by Crippen LogP contribution is 2.27. The molecule has 1 aromatic heterocycles. The van der Waals surface area contributed by atoms with E-state index < -0.39 is 0 Å². The summed E-state index contributed by atoms with van der Waals surface area (Å²) in [5.41, 5.74) is 4.00. The number of benzene rings is 2. The number of carbonyl (C=O) groups is 1. The Morgan fingerprint density at radius 2 is 1.68 bits per heavy atom. The van der Waals surface area contributed by atoms with Gasteiger partial charge in [-0.05, 0) is 61.9 Å². The van der Waals surface area contributed by atoms with Gasteiger partial charge in [0, 0.05) is 23.6 Å². The van der Waals surface area contributed by atoms with Crippen LogP contribution in [-0.4, -0.2) is 24.7 Å². The lowest BCUT2D eigenvalue weighted by molar-refractivity contribution is 0.0950. The normalized spacial score (nSPS) is 10.6. The van der Waals surface area contributed by atoms with Crippen LogP contribution in [0.3, 0.4) is 0 Å². The van der Waals surface area contributed by atoms with Crippen LogP contribution in [0.25, 0.3) is 5.69 Å². The maximum absolute atomic E-state index is 13.2. The highest BCUT2D eigenvalue weighted by Gasteiger charge is 2.17. The van der Waals surface area contributed by atoms with Crippen LogP contribution < -0.4 is 14.8 Å². The molecule has 146 valence electrons. The van der Waals surface area contributed by atoms with Crippen LogP contribution in [0.5, 0.6) is 11.5 Å². The van der Waals surface area contributed by atoms with Crippen molar-refractivity contribution in [3.8, 4) is 17.2 Å². The Hall–Kier alpha value is -3.28. The Balaban J connectivity index is 1.78. The summed E-state index contributed by atoms with van der Waals surface area (Å²) in [7, 11) is 3.15. The minimum absolute atomic E-state index is 0.170. The highest BCUT2D eigenvalue weighted by atomic mass is 19.1. The van der Waals surface area contributed by atoms with E-state index >= 15 is 0 Å². The minimum Gasteiger partial charge on any atom is -0.493 e. The van der Waals surface area contributed by atoms with Gasteiger partial charge < -0.3 is 19.4 Å². The Labute approximate surface area is 163 Å². The number of hydrogen-bond acceptors (Lipinski definition) is 3. The molecule has 0 aliphatic rings. The Morgan fingerprint density at radius 1 is 1.00 bits per heavy atom. The van der Waals surface area contributed by atoms with Gasteiger partial charge >= 0.3 is 0 Å². The van der Waals surface area contributed by atoms with Crippen molar-refractivity contribution in [3.63, 3.8) is 0 Å². The number of methoxy groups -OCH3 is 2. The lowest BCUT2D eigenvalue weighted by atomic mass is 10.2. The predicted octanol–water partition coefficient (Wildman–Crippen LogP) is 4.18. The molecule has 3 rings (SSSR count). The maximum atomic E-state index is 13.2. The second-order valence-corrected chi connectivity index (χ2v) is 6.47. The van der Waals surface area contributed by atoms with Crippen molar-refractivity contribution in [2.45, 2.75) is 20.4 Å². The molecule has 0 saturated carbocycles. The standard InChI is InChI=1S/C22H23FN2O3/c1-14-11-19(15(2)25(14)18-8-6-17(23)7-9-18)22(26)24-13-16-5-10-20(27-3)21(12-16)28-4/h5-12H,13H2,1-4H3,(H,24,26). The fraction of sp³-hybridized carbons (Fsp3) is 0.227. The quantitative estimate of drug-likeness (QED) is 0.696. The van der Waals surface area contributed by atoms with E-state index in [0.29, 0.717) is 23.6 Å². The van der Waals surface area contributed by atoms with Crippen LogP contribution in [0.1, 0.15) is 27.3 Å². The molecule has 28 heavy (non-hydrogen) atoms. The summed E-state index contributed by atoms with van der Waals surface area (Å²) in [6, 6.07) is 13.6. The van der Waals surface area contributed by atoms with Gasteiger partial charge in [-0.15, -0.1) is 0 Å². The van der Waals surface area contributed by atoms with Crippen LogP contribution in [0.4, 0.5) is 4.39 Å². The third kappa shape index (κ3) is 3.86. The van der Waals surface area contributed by atoms with Crippen molar-refractivity contribution >= 4 is 5.91 Å². The molecular formula is C22H23FN2O3. The predicted molar refractivity (Wildman–Crippen MR) is 106 cm³/mol. The third-order valence-electron chi connectivity index (χ3n) is 4.66. The molecule has 0 bridgehead atoms. The van der Waals surface area contributed by atoms with Gasteiger partial charge in [0.25, 0.3) is 5.91 Å². The van der Waals surface area contributed by atoms with Crippen LogP contribution in [0.15, 0.2) is 48.5 Å². The first-order valence-corrected chi connectivity index (χ1v) is 8.88. The van der Waals surface area contributed by atoms with Gasteiger partial charge in [0.05, 0.1) is 19.8 Å². The van der Waals surface area contributed by atoms with Gasteiger partial charge in [0.1, 0.15) is 5.82 Å². The molecule has 1 N–H and O–H groups in total. The molecule has 0 spiro atoms. The molecule has 1 heterocycles. The van der Waals surface area contributed by atoms with E-state index in [-0.39, 0.29) is 11.7 Å². The summed E-state index contributed by atoms with van der Waals surface area (Å²) in [4.78, 5) is 12.7. The summed E-state index contributed by atoms with van der Waals surface area (Å²) in [6.07, 6.45) is 0. The number of nitrogens with one attached hydrogen (secondary N) is 1. The lowest BCUT2D eigenvalue weighted by Crippen LogP contribution is -2.23. The molecule has 0 aliphatic carbocycles. The maximum Gasteiger partial charge on any atom is 0.253 e. The van der Waals surface area contributed by atoms with E-state index in [1.165, 1.54) is 12.1 Å². The van der Waals surface area contributed by atoms with Crippen LogP contribution in [0, 0.1) is 19.7 Å². The molecular weight excluding hydrogens is 359 g/mol. The van der Waals surface area contributed by atoms with Gasteiger partial charge in [-0.1, -0.05) is 6.07 Å². The summed E-state index contributed by atoms with van der Waals surface area (Å²) in [5.74, 6) is 0.791. The van der Waals surface area contributed by atoms with Crippen molar-refractivity contribution in [2.24, 2.45) is 0 Å². The Bertz CT molecular complexity index is 994. The number of aromatic nitrogens is 1. The summed E-state index contributed by atoms with van der Waals surface area (Å²) in [5, 5.41) is 2.94.